The summed E-state index contributed by atoms with van der Waals surface area (Å²) < 4.78 is 30.0. The minimum absolute atomic E-state index is 0.0616. The molecule has 2 saturated heterocycles. The average Bonchev–Trinajstić information content (AvgIpc) is 3.19. The maximum Gasteiger partial charge on any atom is 0.222 e. The van der Waals surface area contributed by atoms with Crippen LogP contribution in [0.3, 0.4) is 0 Å². The van der Waals surface area contributed by atoms with Crippen molar-refractivity contribution in [2.75, 3.05) is 32.1 Å². The molecular weight excluding hydrogens is 302 g/mol. The van der Waals surface area contributed by atoms with E-state index in [1.807, 2.05) is 0 Å². The van der Waals surface area contributed by atoms with Gasteiger partial charge < -0.3 is 9.64 Å². The van der Waals surface area contributed by atoms with E-state index in [0.29, 0.717) is 38.5 Å². The smallest absolute Gasteiger partial charge is 0.222 e. The molecule has 22 heavy (non-hydrogen) atoms. The van der Waals surface area contributed by atoms with Gasteiger partial charge in [0, 0.05) is 32.0 Å². The molecule has 3 rings (SSSR count). The first kappa shape index (κ1) is 16.2. The summed E-state index contributed by atoms with van der Waals surface area (Å²) in [5, 5.41) is 0. The van der Waals surface area contributed by atoms with E-state index in [2.05, 4.69) is 6.92 Å². The Bertz CT molecular complexity index is 520. The Morgan fingerprint density at radius 1 is 1.23 bits per heavy atom. The lowest BCUT2D eigenvalue weighted by atomic mass is 9.83. The summed E-state index contributed by atoms with van der Waals surface area (Å²) in [6.07, 6.45) is 5.57. The summed E-state index contributed by atoms with van der Waals surface area (Å²) >= 11 is 0. The largest absolute Gasteiger partial charge is 0.381 e. The Hall–Kier alpha value is -0.620. The third kappa shape index (κ3) is 2.92. The minimum atomic E-state index is -3.09. The molecule has 0 aromatic carbocycles. The molecule has 0 bridgehead atoms. The van der Waals surface area contributed by atoms with Crippen molar-refractivity contribution < 1.29 is 17.9 Å². The van der Waals surface area contributed by atoms with Crippen LogP contribution in [0.2, 0.25) is 0 Å². The predicted octanol–water partition coefficient (Wildman–Crippen LogP) is 1.62. The van der Waals surface area contributed by atoms with Crippen molar-refractivity contribution >= 4 is 15.7 Å². The molecule has 5 nitrogen and oxygen atoms in total. The fraction of sp³-hybridized carbons (Fsp3) is 0.938. The van der Waals surface area contributed by atoms with Gasteiger partial charge in [-0.15, -0.1) is 0 Å². The van der Waals surface area contributed by atoms with Gasteiger partial charge in [0.25, 0.3) is 0 Å². The second-order valence-corrected chi connectivity index (χ2v) is 9.65. The van der Waals surface area contributed by atoms with Crippen LogP contribution in [0.25, 0.3) is 0 Å². The summed E-state index contributed by atoms with van der Waals surface area (Å²) in [6.45, 7) is 4.13. The summed E-state index contributed by atoms with van der Waals surface area (Å²) in [5.74, 6) is 1.11. The van der Waals surface area contributed by atoms with Crippen LogP contribution in [-0.4, -0.2) is 56.0 Å². The van der Waals surface area contributed by atoms with Crippen LogP contribution in [0.5, 0.6) is 0 Å². The standard InChI is InChI=1S/C16H27NO4S/c1-2-3-4-15(18)17-11-16(12-17)14(7-8-22(16,19)20)10-21-9-13-5-6-13/h13-14H,2-12H2,1H3. The average molecular weight is 329 g/mol. The summed E-state index contributed by atoms with van der Waals surface area (Å²) in [5.41, 5.74) is 0. The van der Waals surface area contributed by atoms with Crippen LogP contribution >= 0.6 is 0 Å². The highest BCUT2D eigenvalue weighted by molar-refractivity contribution is 7.93. The van der Waals surface area contributed by atoms with Crippen molar-refractivity contribution in [3.05, 3.63) is 0 Å². The van der Waals surface area contributed by atoms with Gasteiger partial charge in [-0.05, 0) is 31.6 Å². The maximum atomic E-state index is 12.5. The SMILES string of the molecule is CCCCC(=O)N1CC2(C1)C(COCC1CC1)CCS2(=O)=O. The lowest BCUT2D eigenvalue weighted by molar-refractivity contribution is -0.138. The van der Waals surface area contributed by atoms with Crippen LogP contribution in [-0.2, 0) is 19.4 Å². The van der Waals surface area contributed by atoms with Crippen LogP contribution < -0.4 is 0 Å². The molecule has 1 unspecified atom stereocenters. The van der Waals surface area contributed by atoms with Crippen LogP contribution in [0, 0.1) is 11.8 Å². The molecule has 2 aliphatic heterocycles. The van der Waals surface area contributed by atoms with E-state index in [1.54, 1.807) is 4.90 Å². The molecule has 3 fully saturated rings. The first-order valence-corrected chi connectivity index (χ1v) is 10.2. The third-order valence-corrected chi connectivity index (χ3v) is 8.09. The Balaban J connectivity index is 1.57. The van der Waals surface area contributed by atoms with E-state index >= 15 is 0 Å². The number of rotatable bonds is 7. The van der Waals surface area contributed by atoms with E-state index < -0.39 is 14.6 Å². The molecule has 1 saturated carbocycles. The molecule has 126 valence electrons. The zero-order valence-corrected chi connectivity index (χ0v) is 14.2. The van der Waals surface area contributed by atoms with Crippen molar-refractivity contribution in [3.63, 3.8) is 0 Å². The molecule has 1 aliphatic carbocycles. The second-order valence-electron chi connectivity index (χ2n) is 7.20. The highest BCUT2D eigenvalue weighted by atomic mass is 32.2. The first-order valence-electron chi connectivity index (χ1n) is 8.56. The van der Waals surface area contributed by atoms with Gasteiger partial charge in [-0.2, -0.15) is 0 Å². The van der Waals surface area contributed by atoms with Gasteiger partial charge in [-0.3, -0.25) is 4.79 Å². The van der Waals surface area contributed by atoms with Gasteiger partial charge in [0.15, 0.2) is 9.84 Å². The molecule has 3 aliphatic rings. The van der Waals surface area contributed by atoms with E-state index in [9.17, 15) is 13.2 Å². The predicted molar refractivity (Wildman–Crippen MR) is 84.3 cm³/mol. The quantitative estimate of drug-likeness (QED) is 0.712. The maximum absolute atomic E-state index is 12.5. The summed E-state index contributed by atoms with van der Waals surface area (Å²) in [4.78, 5) is 13.8. The van der Waals surface area contributed by atoms with Crippen molar-refractivity contribution in [1.29, 1.82) is 0 Å². The van der Waals surface area contributed by atoms with Crippen molar-refractivity contribution in [3.8, 4) is 0 Å². The summed E-state index contributed by atoms with van der Waals surface area (Å²) in [6, 6.07) is 0. The number of unbranched alkanes of at least 4 members (excludes halogenated alkanes) is 1. The van der Waals surface area contributed by atoms with Crippen LogP contribution in [0.4, 0.5) is 0 Å². The van der Waals surface area contributed by atoms with Crippen molar-refractivity contribution in [1.82, 2.24) is 4.90 Å². The fourth-order valence-electron chi connectivity index (χ4n) is 3.63. The minimum Gasteiger partial charge on any atom is -0.381 e. The number of carbonyl (C=O) groups is 1. The Morgan fingerprint density at radius 3 is 2.59 bits per heavy atom. The topological polar surface area (TPSA) is 63.7 Å². The first-order chi connectivity index (χ1) is 10.5. The van der Waals surface area contributed by atoms with Crippen molar-refractivity contribution in [2.24, 2.45) is 11.8 Å². The van der Waals surface area contributed by atoms with E-state index in [1.165, 1.54) is 12.8 Å². The number of amides is 1. The number of hydrogen-bond acceptors (Lipinski definition) is 4. The van der Waals surface area contributed by atoms with Gasteiger partial charge in [-0.1, -0.05) is 13.3 Å². The third-order valence-electron chi connectivity index (χ3n) is 5.48. The molecular formula is C16H27NO4S. The Kier molecular flexibility index (Phi) is 4.52. The Labute approximate surface area is 133 Å². The van der Waals surface area contributed by atoms with E-state index in [-0.39, 0.29) is 17.6 Å². The lowest BCUT2D eigenvalue weighted by Crippen LogP contribution is -2.68. The number of ether oxygens (including phenoxy) is 1. The Morgan fingerprint density at radius 2 is 1.95 bits per heavy atom. The molecule has 0 radical (unpaired) electrons. The summed E-state index contributed by atoms with van der Waals surface area (Å²) in [7, 11) is -3.09. The molecule has 0 aromatic rings. The molecule has 1 spiro atoms. The van der Waals surface area contributed by atoms with Gasteiger partial charge >= 0.3 is 0 Å². The number of sulfone groups is 1. The van der Waals surface area contributed by atoms with Crippen LogP contribution in [0.15, 0.2) is 0 Å². The second kappa shape index (κ2) is 6.11. The van der Waals surface area contributed by atoms with Crippen LogP contribution in [0.1, 0.15) is 45.4 Å². The highest BCUT2D eigenvalue weighted by Crippen LogP contribution is 2.45. The van der Waals surface area contributed by atoms with E-state index in [4.69, 9.17) is 4.74 Å². The van der Waals surface area contributed by atoms with Gasteiger partial charge in [0.1, 0.15) is 4.75 Å². The van der Waals surface area contributed by atoms with Gasteiger partial charge in [0.2, 0.25) is 5.91 Å². The van der Waals surface area contributed by atoms with E-state index in [0.717, 1.165) is 19.4 Å². The van der Waals surface area contributed by atoms with Gasteiger partial charge in [-0.25, -0.2) is 8.42 Å². The molecule has 2 heterocycles. The molecule has 1 amide bonds. The van der Waals surface area contributed by atoms with Gasteiger partial charge in [0.05, 0.1) is 12.4 Å². The zero-order valence-electron chi connectivity index (χ0n) is 13.4. The molecule has 6 heteroatoms. The highest BCUT2D eigenvalue weighted by Gasteiger charge is 2.62. The number of nitrogens with zero attached hydrogens (tertiary/aromatic N) is 1. The van der Waals surface area contributed by atoms with Crippen molar-refractivity contribution in [2.45, 2.75) is 50.2 Å². The monoisotopic (exact) mass is 329 g/mol. The normalized spacial score (nSPS) is 28.8. The fourth-order valence-corrected chi connectivity index (χ4v) is 6.03. The molecule has 0 N–H and O–H groups in total. The molecule has 0 aromatic heterocycles. The number of likely N-dealkylation sites (tertiary alicyclic amines) is 1. The molecule has 1 atom stereocenters. The lowest BCUT2D eigenvalue weighted by Gasteiger charge is -2.50. The number of carbonyl (C=O) groups excluding carboxylic acids is 1. The zero-order chi connectivity index (χ0) is 15.8. The number of hydrogen-bond donors (Lipinski definition) is 0.